The molecule has 0 aliphatic carbocycles. The molecule has 0 aliphatic heterocycles. The molecule has 6 heteroatoms. The Bertz CT molecular complexity index is 938. The molecule has 4 atom stereocenters. The average Bonchev–Trinajstić information content (AvgIpc) is 2.83. The van der Waals surface area contributed by atoms with Crippen LogP contribution in [-0.2, 0) is 24.2 Å². The fourth-order valence-electron chi connectivity index (χ4n) is 3.54. The van der Waals surface area contributed by atoms with Gasteiger partial charge in [0.2, 0.25) is 0 Å². The maximum absolute atomic E-state index is 12.4. The van der Waals surface area contributed by atoms with Gasteiger partial charge < -0.3 is 26.0 Å². The Balaban J connectivity index is 1.65. The van der Waals surface area contributed by atoms with Crippen LogP contribution >= 0.6 is 0 Å². The number of rotatable bonds is 10. The van der Waals surface area contributed by atoms with Crippen molar-refractivity contribution in [1.82, 2.24) is 5.32 Å². The Hall–Kier alpha value is -3.19. The van der Waals surface area contributed by atoms with Crippen molar-refractivity contribution in [2.45, 2.75) is 43.7 Å². The van der Waals surface area contributed by atoms with Crippen molar-refractivity contribution in [2.24, 2.45) is 5.73 Å². The predicted molar refractivity (Wildman–Crippen MR) is 124 cm³/mol. The monoisotopic (exact) mass is 434 g/mol. The van der Waals surface area contributed by atoms with E-state index in [-0.39, 0.29) is 6.61 Å². The molecule has 0 spiro atoms. The highest BCUT2D eigenvalue weighted by atomic mass is 16.5. The van der Waals surface area contributed by atoms with Crippen LogP contribution in [0.25, 0.3) is 0 Å². The van der Waals surface area contributed by atoms with Gasteiger partial charge >= 0.3 is 6.09 Å². The van der Waals surface area contributed by atoms with E-state index in [2.05, 4.69) is 5.32 Å². The van der Waals surface area contributed by atoms with E-state index in [0.717, 1.165) is 16.7 Å². The van der Waals surface area contributed by atoms with Crippen LogP contribution in [0.3, 0.4) is 0 Å². The number of ether oxygens (including phenoxy) is 1. The van der Waals surface area contributed by atoms with Crippen LogP contribution in [0.2, 0.25) is 0 Å². The van der Waals surface area contributed by atoms with Gasteiger partial charge in [0.1, 0.15) is 12.7 Å². The maximum atomic E-state index is 12.4. The Morgan fingerprint density at radius 2 is 1.22 bits per heavy atom. The molecule has 6 nitrogen and oxygen atoms in total. The number of alkyl carbamates (subject to hydrolysis) is 1. The molecule has 32 heavy (non-hydrogen) atoms. The lowest BCUT2D eigenvalue weighted by Crippen LogP contribution is -2.55. The van der Waals surface area contributed by atoms with E-state index >= 15 is 0 Å². The van der Waals surface area contributed by atoms with Crippen LogP contribution in [0.1, 0.15) is 16.7 Å². The van der Waals surface area contributed by atoms with Gasteiger partial charge in [-0.3, -0.25) is 0 Å². The molecule has 0 bridgehead atoms. The van der Waals surface area contributed by atoms with Crippen LogP contribution in [0.15, 0.2) is 91.0 Å². The summed E-state index contributed by atoms with van der Waals surface area (Å²) in [7, 11) is 0. The zero-order valence-corrected chi connectivity index (χ0v) is 17.9. The summed E-state index contributed by atoms with van der Waals surface area (Å²) in [6.45, 7) is 0.108. The first kappa shape index (κ1) is 23.5. The fourth-order valence-corrected chi connectivity index (χ4v) is 3.54. The molecule has 0 saturated carbocycles. The van der Waals surface area contributed by atoms with Gasteiger partial charge in [0, 0.05) is 6.04 Å². The lowest BCUT2D eigenvalue weighted by Gasteiger charge is -2.30. The van der Waals surface area contributed by atoms with Crippen LogP contribution in [0.4, 0.5) is 4.79 Å². The van der Waals surface area contributed by atoms with E-state index in [1.54, 1.807) is 0 Å². The van der Waals surface area contributed by atoms with E-state index in [9.17, 15) is 15.0 Å². The third-order valence-electron chi connectivity index (χ3n) is 5.33. The molecule has 3 aromatic carbocycles. The molecular formula is C26H30N2O4. The number of nitrogens with two attached hydrogens (primary N) is 1. The molecular weight excluding hydrogens is 404 g/mol. The summed E-state index contributed by atoms with van der Waals surface area (Å²) in [6, 6.07) is 26.8. The van der Waals surface area contributed by atoms with Gasteiger partial charge in [0.25, 0.3) is 0 Å². The predicted octanol–water partition coefficient (Wildman–Crippen LogP) is 2.82. The molecule has 0 unspecified atom stereocenters. The van der Waals surface area contributed by atoms with Gasteiger partial charge in [-0.25, -0.2) is 4.79 Å². The summed E-state index contributed by atoms with van der Waals surface area (Å²) < 4.78 is 5.31. The Morgan fingerprint density at radius 1 is 0.750 bits per heavy atom. The van der Waals surface area contributed by atoms with Crippen molar-refractivity contribution in [3.05, 3.63) is 108 Å². The molecule has 0 aromatic heterocycles. The van der Waals surface area contributed by atoms with Crippen LogP contribution in [0, 0.1) is 0 Å². The van der Waals surface area contributed by atoms with Crippen molar-refractivity contribution in [2.75, 3.05) is 0 Å². The summed E-state index contributed by atoms with van der Waals surface area (Å²) in [6.07, 6.45) is -2.47. The highest BCUT2D eigenvalue weighted by Gasteiger charge is 2.32. The molecule has 3 rings (SSSR count). The largest absolute Gasteiger partial charge is 0.445 e. The van der Waals surface area contributed by atoms with Crippen molar-refractivity contribution in [3.63, 3.8) is 0 Å². The van der Waals surface area contributed by atoms with Gasteiger partial charge in [-0.1, -0.05) is 91.0 Å². The second kappa shape index (κ2) is 12.0. The lowest BCUT2D eigenvalue weighted by atomic mass is 9.92. The van der Waals surface area contributed by atoms with Crippen LogP contribution in [-0.4, -0.2) is 40.6 Å². The van der Waals surface area contributed by atoms with Gasteiger partial charge in [0.15, 0.2) is 0 Å². The van der Waals surface area contributed by atoms with Crippen molar-refractivity contribution in [1.29, 1.82) is 0 Å². The lowest BCUT2D eigenvalue weighted by molar-refractivity contribution is -0.0172. The normalized spacial score (nSPS) is 14.7. The first-order valence-electron chi connectivity index (χ1n) is 10.7. The third-order valence-corrected chi connectivity index (χ3v) is 5.33. The number of aliphatic hydroxyl groups excluding tert-OH is 2. The molecule has 0 saturated heterocycles. The highest BCUT2D eigenvalue weighted by Crippen LogP contribution is 2.14. The number of aliphatic hydroxyl groups is 2. The topological polar surface area (TPSA) is 105 Å². The third kappa shape index (κ3) is 7.20. The highest BCUT2D eigenvalue weighted by molar-refractivity contribution is 5.67. The summed E-state index contributed by atoms with van der Waals surface area (Å²) in [5.41, 5.74) is 8.91. The van der Waals surface area contributed by atoms with Crippen molar-refractivity contribution >= 4 is 6.09 Å². The minimum absolute atomic E-state index is 0.108. The molecule has 168 valence electrons. The smallest absolute Gasteiger partial charge is 0.407 e. The van der Waals surface area contributed by atoms with Crippen molar-refractivity contribution in [3.8, 4) is 0 Å². The molecule has 1 amide bonds. The molecule has 0 fully saturated rings. The summed E-state index contributed by atoms with van der Waals surface area (Å²) in [4.78, 5) is 12.4. The minimum atomic E-state index is -1.28. The second-order valence-electron chi connectivity index (χ2n) is 7.84. The van der Waals surface area contributed by atoms with Gasteiger partial charge in [0.05, 0.1) is 12.1 Å². The van der Waals surface area contributed by atoms with Gasteiger partial charge in [-0.15, -0.1) is 0 Å². The number of carbonyl (C=O) groups excluding carboxylic acids is 1. The SMILES string of the molecule is N[C@@H](Cc1ccccc1)[C@@H](O)[C@H](O)[C@H](Cc1ccccc1)NC(=O)OCc1ccccc1. The van der Waals surface area contributed by atoms with E-state index in [1.807, 2.05) is 91.0 Å². The summed E-state index contributed by atoms with van der Waals surface area (Å²) >= 11 is 0. The van der Waals surface area contributed by atoms with Crippen LogP contribution < -0.4 is 11.1 Å². The van der Waals surface area contributed by atoms with Crippen LogP contribution in [0.5, 0.6) is 0 Å². The first-order valence-corrected chi connectivity index (χ1v) is 10.7. The molecule has 5 N–H and O–H groups in total. The number of hydrogen-bond acceptors (Lipinski definition) is 5. The zero-order chi connectivity index (χ0) is 22.8. The summed E-state index contributed by atoms with van der Waals surface area (Å²) in [5.74, 6) is 0. The van der Waals surface area contributed by atoms with Gasteiger partial charge in [-0.2, -0.15) is 0 Å². The number of amides is 1. The first-order chi connectivity index (χ1) is 15.5. The number of hydrogen-bond donors (Lipinski definition) is 4. The number of nitrogens with one attached hydrogen (secondary N) is 1. The second-order valence-corrected chi connectivity index (χ2v) is 7.84. The standard InChI is InChI=1S/C26H30N2O4/c27-22(16-19-10-4-1-5-11-19)24(29)25(30)23(17-20-12-6-2-7-13-20)28-26(31)32-18-21-14-8-3-9-15-21/h1-15,22-25,29-30H,16-18,27H2,(H,28,31)/t22-,23-,24+,25+/m0/s1. The fraction of sp³-hybridized carbons (Fsp3) is 0.269. The molecule has 0 radical (unpaired) electrons. The minimum Gasteiger partial charge on any atom is -0.445 e. The van der Waals surface area contributed by atoms with E-state index in [1.165, 1.54) is 0 Å². The van der Waals surface area contributed by atoms with Gasteiger partial charge in [-0.05, 0) is 29.5 Å². The summed E-state index contributed by atoms with van der Waals surface area (Å²) in [5, 5.41) is 24.4. The Kier molecular flexibility index (Phi) is 8.80. The Labute approximate surface area is 188 Å². The molecule has 3 aromatic rings. The zero-order valence-electron chi connectivity index (χ0n) is 17.9. The Morgan fingerprint density at radius 3 is 1.75 bits per heavy atom. The quantitative estimate of drug-likeness (QED) is 0.393. The van der Waals surface area contributed by atoms with E-state index in [4.69, 9.17) is 10.5 Å². The van der Waals surface area contributed by atoms with Crippen molar-refractivity contribution < 1.29 is 19.7 Å². The van der Waals surface area contributed by atoms with E-state index < -0.39 is 30.4 Å². The number of benzene rings is 3. The number of carbonyl (C=O) groups is 1. The van der Waals surface area contributed by atoms with E-state index in [0.29, 0.717) is 12.8 Å². The molecule has 0 heterocycles. The maximum Gasteiger partial charge on any atom is 0.407 e. The average molecular weight is 435 g/mol. The molecule has 0 aliphatic rings.